The van der Waals surface area contributed by atoms with E-state index in [0.717, 1.165) is 14.8 Å². The number of hydrogen-bond donors (Lipinski definition) is 2. The molecule has 4 amide bonds. The maximum absolute atomic E-state index is 13.9. The summed E-state index contributed by atoms with van der Waals surface area (Å²) in [6.07, 6.45) is 0.0667. The van der Waals surface area contributed by atoms with Gasteiger partial charge in [-0.1, -0.05) is 35.9 Å². The van der Waals surface area contributed by atoms with Gasteiger partial charge in [-0.2, -0.15) is 4.31 Å². The Bertz CT molecular complexity index is 1710. The number of aryl methyl sites for hydroxylation is 1. The minimum Gasteiger partial charge on any atom is -0.480 e. The summed E-state index contributed by atoms with van der Waals surface area (Å²) in [6.45, 7) is 4.47. The molecule has 2 aliphatic heterocycles. The van der Waals surface area contributed by atoms with Crippen molar-refractivity contribution in [3.63, 3.8) is 0 Å². The fourth-order valence-corrected chi connectivity index (χ4v) is 7.24. The number of carboxylic acids is 1. The number of piperazine rings is 1. The number of nitrogens with one attached hydrogen (secondary N) is 1. The van der Waals surface area contributed by atoms with Gasteiger partial charge in [-0.15, -0.1) is 0 Å². The highest BCUT2D eigenvalue weighted by Crippen LogP contribution is 2.31. The van der Waals surface area contributed by atoms with Crippen molar-refractivity contribution in [2.45, 2.75) is 43.7 Å². The van der Waals surface area contributed by atoms with Crippen molar-refractivity contribution in [3.8, 4) is 5.75 Å². The third-order valence-electron chi connectivity index (χ3n) is 8.27. The molecule has 0 spiro atoms. The van der Waals surface area contributed by atoms with Crippen LogP contribution in [0.4, 0.5) is 21.0 Å². The molecule has 47 heavy (non-hydrogen) atoms. The molecule has 0 bridgehead atoms. The second-order valence-electron chi connectivity index (χ2n) is 11.4. The molecule has 5 rings (SSSR count). The average Bonchev–Trinajstić information content (AvgIpc) is 3.58. The molecule has 0 aromatic heterocycles. The normalized spacial score (nSPS) is 17.5. The molecule has 248 valence electrons. The van der Waals surface area contributed by atoms with Crippen LogP contribution in [0.1, 0.15) is 25.3 Å². The number of rotatable bonds is 8. The Hall–Kier alpha value is -4.95. The van der Waals surface area contributed by atoms with Crippen molar-refractivity contribution in [1.29, 1.82) is 0 Å². The van der Waals surface area contributed by atoms with Crippen LogP contribution >= 0.6 is 0 Å². The van der Waals surface area contributed by atoms with Crippen molar-refractivity contribution in [2.75, 3.05) is 42.9 Å². The molecule has 2 N–H and O–H groups in total. The van der Waals surface area contributed by atoms with Crippen LogP contribution in [0.5, 0.6) is 5.75 Å². The number of anilines is 2. The number of carbonyl (C=O) groups excluding carboxylic acids is 3. The van der Waals surface area contributed by atoms with Gasteiger partial charge in [0.15, 0.2) is 0 Å². The molecule has 0 aliphatic carbocycles. The van der Waals surface area contributed by atoms with Gasteiger partial charge < -0.3 is 25.0 Å². The van der Waals surface area contributed by atoms with Crippen LogP contribution in [0.3, 0.4) is 0 Å². The first-order chi connectivity index (χ1) is 22.5. The molecule has 3 aromatic rings. The highest BCUT2D eigenvalue weighted by atomic mass is 32.2. The predicted molar refractivity (Wildman–Crippen MR) is 174 cm³/mol. The number of carboxylic acid groups (broad SMARTS) is 1. The van der Waals surface area contributed by atoms with Gasteiger partial charge >= 0.3 is 18.1 Å². The quantitative estimate of drug-likeness (QED) is 0.366. The number of urea groups is 1. The third kappa shape index (κ3) is 7.55. The Morgan fingerprint density at radius 2 is 1.49 bits per heavy atom. The standard InChI is InChI=1S/C33H37N5O8S/c1-23-10-16-28(17-11-23)47(44,45)37-18-6-9-29(37)30(39)38(24(2)31(40)41)26-12-14-27(15-13-26)46-33(43)36-21-19-35(20-22-36)32(42)34-25-7-4-3-5-8-25/h3-5,7-8,10-17,24,29H,6,9,18-22H2,1-2H3,(H,34,42)(H,40,41)/t24-,29-/m0/s1. The van der Waals surface area contributed by atoms with Gasteiger partial charge in [0.25, 0.3) is 0 Å². The molecule has 13 nitrogen and oxygen atoms in total. The summed E-state index contributed by atoms with van der Waals surface area (Å²) in [6, 6.07) is 18.6. The number of nitrogens with zero attached hydrogens (tertiary/aromatic N) is 4. The van der Waals surface area contributed by atoms with Gasteiger partial charge in [0.05, 0.1) is 4.90 Å². The number of benzene rings is 3. The molecule has 2 atom stereocenters. The number of sulfonamides is 1. The molecule has 3 aromatic carbocycles. The summed E-state index contributed by atoms with van der Waals surface area (Å²) >= 11 is 0. The van der Waals surface area contributed by atoms with E-state index < -0.39 is 40.1 Å². The number of amides is 4. The maximum atomic E-state index is 13.9. The predicted octanol–water partition coefficient (Wildman–Crippen LogP) is 4.00. The van der Waals surface area contributed by atoms with Crippen LogP contribution < -0.4 is 15.0 Å². The Kier molecular flexibility index (Phi) is 10.1. The van der Waals surface area contributed by atoms with E-state index in [-0.39, 0.29) is 48.4 Å². The molecule has 0 unspecified atom stereocenters. The Balaban J connectivity index is 1.24. The molecular weight excluding hydrogens is 626 g/mol. The van der Waals surface area contributed by atoms with Crippen molar-refractivity contribution in [3.05, 3.63) is 84.4 Å². The number of ether oxygens (including phenoxy) is 1. The number of carbonyl (C=O) groups is 4. The lowest BCUT2D eigenvalue weighted by molar-refractivity contribution is -0.140. The fourth-order valence-electron chi connectivity index (χ4n) is 5.59. The zero-order valence-corrected chi connectivity index (χ0v) is 26.9. The number of para-hydroxylation sites is 1. The summed E-state index contributed by atoms with van der Waals surface area (Å²) in [5.41, 5.74) is 1.77. The summed E-state index contributed by atoms with van der Waals surface area (Å²) in [5, 5.41) is 12.7. The lowest BCUT2D eigenvalue weighted by atomic mass is 10.1. The van der Waals surface area contributed by atoms with Crippen molar-refractivity contribution in [1.82, 2.24) is 14.1 Å². The van der Waals surface area contributed by atoms with Crippen LogP contribution in [0.25, 0.3) is 0 Å². The van der Waals surface area contributed by atoms with E-state index in [1.165, 1.54) is 48.2 Å². The third-order valence-corrected chi connectivity index (χ3v) is 10.2. The van der Waals surface area contributed by atoms with Gasteiger partial charge in [-0.3, -0.25) is 9.69 Å². The van der Waals surface area contributed by atoms with Crippen LogP contribution in [0.2, 0.25) is 0 Å². The van der Waals surface area contributed by atoms with E-state index >= 15 is 0 Å². The van der Waals surface area contributed by atoms with Crippen LogP contribution in [-0.4, -0.2) is 96.4 Å². The minimum atomic E-state index is -4.01. The highest BCUT2D eigenvalue weighted by Gasteiger charge is 2.43. The Morgan fingerprint density at radius 3 is 2.11 bits per heavy atom. The van der Waals surface area contributed by atoms with E-state index in [0.29, 0.717) is 25.2 Å². The molecule has 2 heterocycles. The molecule has 0 radical (unpaired) electrons. The molecule has 2 aliphatic rings. The summed E-state index contributed by atoms with van der Waals surface area (Å²) in [4.78, 5) is 55.7. The SMILES string of the molecule is Cc1ccc(S(=O)(=O)N2CCC[C@H]2C(=O)N(c2ccc(OC(=O)N3CCN(C(=O)Nc4ccccc4)CC3)cc2)[C@@H](C)C(=O)O)cc1. The van der Waals surface area contributed by atoms with E-state index in [2.05, 4.69) is 5.32 Å². The number of hydrogen-bond acceptors (Lipinski definition) is 7. The van der Waals surface area contributed by atoms with E-state index in [9.17, 15) is 32.7 Å². The van der Waals surface area contributed by atoms with Crippen LogP contribution in [0.15, 0.2) is 83.8 Å². The minimum absolute atomic E-state index is 0.0589. The topological polar surface area (TPSA) is 157 Å². The zero-order chi connectivity index (χ0) is 33.7. The molecular formula is C33H37N5O8S. The van der Waals surface area contributed by atoms with Crippen molar-refractivity contribution >= 4 is 45.4 Å². The monoisotopic (exact) mass is 663 g/mol. The van der Waals surface area contributed by atoms with Crippen molar-refractivity contribution < 1.29 is 37.4 Å². The summed E-state index contributed by atoms with van der Waals surface area (Å²) in [7, 11) is -4.01. The van der Waals surface area contributed by atoms with Gasteiger partial charge in [-0.25, -0.2) is 22.8 Å². The molecule has 0 saturated carbocycles. The highest BCUT2D eigenvalue weighted by molar-refractivity contribution is 7.89. The van der Waals surface area contributed by atoms with Crippen LogP contribution in [-0.2, 0) is 19.6 Å². The molecule has 14 heteroatoms. The van der Waals surface area contributed by atoms with Gasteiger partial charge in [0.2, 0.25) is 15.9 Å². The molecule has 2 fully saturated rings. The van der Waals surface area contributed by atoms with Gasteiger partial charge in [0.1, 0.15) is 17.8 Å². The lowest BCUT2D eigenvalue weighted by Crippen LogP contribution is -2.52. The van der Waals surface area contributed by atoms with Gasteiger partial charge in [0, 0.05) is 44.1 Å². The number of aliphatic carboxylic acids is 1. The molecule has 2 saturated heterocycles. The van der Waals surface area contributed by atoms with E-state index in [1.54, 1.807) is 29.2 Å². The van der Waals surface area contributed by atoms with E-state index in [1.807, 2.05) is 25.1 Å². The van der Waals surface area contributed by atoms with Crippen molar-refractivity contribution in [2.24, 2.45) is 0 Å². The Morgan fingerprint density at radius 1 is 0.872 bits per heavy atom. The summed E-state index contributed by atoms with van der Waals surface area (Å²) in [5.74, 6) is -1.76. The summed E-state index contributed by atoms with van der Waals surface area (Å²) < 4.78 is 33.7. The maximum Gasteiger partial charge on any atom is 0.415 e. The Labute approximate surface area is 273 Å². The average molecular weight is 664 g/mol. The van der Waals surface area contributed by atoms with E-state index in [4.69, 9.17) is 4.74 Å². The first kappa shape index (κ1) is 33.4. The zero-order valence-electron chi connectivity index (χ0n) is 26.1. The second kappa shape index (κ2) is 14.2. The largest absolute Gasteiger partial charge is 0.480 e. The lowest BCUT2D eigenvalue weighted by Gasteiger charge is -2.34. The second-order valence-corrected chi connectivity index (χ2v) is 13.3. The smallest absolute Gasteiger partial charge is 0.415 e. The van der Waals surface area contributed by atoms with Gasteiger partial charge in [-0.05, 0) is 75.2 Å². The first-order valence-electron chi connectivity index (χ1n) is 15.3. The first-order valence-corrected chi connectivity index (χ1v) is 16.7. The fraction of sp³-hybridized carbons (Fsp3) is 0.333. The van der Waals surface area contributed by atoms with Crippen LogP contribution in [0, 0.1) is 6.92 Å².